The molecule has 61 heavy (non-hydrogen) atoms. The molecule has 0 saturated carbocycles. The van der Waals surface area contributed by atoms with Gasteiger partial charge in [-0.25, -0.2) is 0 Å². The largest absolute Gasteiger partial charge is 0.309 e. The Morgan fingerprint density at radius 3 is 1.74 bits per heavy atom. The van der Waals surface area contributed by atoms with Gasteiger partial charge in [0.2, 0.25) is 0 Å². The minimum Gasteiger partial charge on any atom is -0.309 e. The van der Waals surface area contributed by atoms with Crippen LogP contribution in [0.2, 0.25) is 0 Å². The minimum absolute atomic E-state index is 0.538. The van der Waals surface area contributed by atoms with Gasteiger partial charge >= 0.3 is 0 Å². The number of nitrogens with zero attached hydrogens (tertiary/aromatic N) is 1. The van der Waals surface area contributed by atoms with Crippen molar-refractivity contribution in [3.63, 3.8) is 0 Å². The van der Waals surface area contributed by atoms with E-state index in [1.165, 1.54) is 86.6 Å². The smallest absolute Gasteiger partial charge is 0.0714 e. The van der Waals surface area contributed by atoms with Gasteiger partial charge in [0.05, 0.1) is 16.8 Å². The van der Waals surface area contributed by atoms with Crippen molar-refractivity contribution < 1.29 is 0 Å². The third-order valence-corrected chi connectivity index (χ3v) is 14.0. The van der Waals surface area contributed by atoms with E-state index in [2.05, 4.69) is 241 Å². The average Bonchev–Trinajstić information content (AvgIpc) is 3.86. The molecule has 286 valence electrons. The monoisotopic (exact) mass is 793 g/mol. The normalized spacial score (nSPS) is 12.7. The number of para-hydroxylation sites is 1. The first-order valence-electron chi connectivity index (χ1n) is 21.0. The molecule has 0 radical (unpaired) electrons. The van der Waals surface area contributed by atoms with Gasteiger partial charge in [0.25, 0.3) is 0 Å². The third-order valence-electron chi connectivity index (χ3n) is 12.8. The van der Waals surface area contributed by atoms with Crippen LogP contribution in [0.25, 0.3) is 64.3 Å². The van der Waals surface area contributed by atoms with Crippen molar-refractivity contribution in [2.24, 2.45) is 0 Å². The summed E-state index contributed by atoms with van der Waals surface area (Å²) in [5.74, 6) is 0. The highest BCUT2D eigenvalue weighted by atomic mass is 32.1. The molecule has 1 heterocycles. The van der Waals surface area contributed by atoms with Crippen LogP contribution in [0.5, 0.6) is 0 Å². The van der Waals surface area contributed by atoms with E-state index in [-0.39, 0.29) is 0 Å². The van der Waals surface area contributed by atoms with Gasteiger partial charge in [-0.1, -0.05) is 206 Å². The predicted octanol–water partition coefficient (Wildman–Crippen LogP) is 16.4. The summed E-state index contributed by atoms with van der Waals surface area (Å²) in [4.78, 5) is 2.54. The highest BCUT2D eigenvalue weighted by molar-refractivity contribution is 7.26. The fraction of sp³-hybridized carbons (Fsp3) is 0.0169. The van der Waals surface area contributed by atoms with Crippen molar-refractivity contribution in [2.75, 3.05) is 4.90 Å². The molecule has 0 bridgehead atoms. The predicted molar refractivity (Wildman–Crippen MR) is 260 cm³/mol. The van der Waals surface area contributed by atoms with E-state index in [1.807, 2.05) is 11.3 Å². The van der Waals surface area contributed by atoms with Crippen LogP contribution < -0.4 is 4.90 Å². The fourth-order valence-electron chi connectivity index (χ4n) is 10.2. The van der Waals surface area contributed by atoms with E-state index < -0.39 is 5.41 Å². The lowest BCUT2D eigenvalue weighted by Gasteiger charge is -2.35. The molecule has 0 spiro atoms. The first-order chi connectivity index (χ1) is 30.3. The molecule has 12 rings (SSSR count). The van der Waals surface area contributed by atoms with Crippen molar-refractivity contribution in [3.8, 4) is 33.4 Å². The Bertz CT molecular complexity index is 3380. The number of thiophene rings is 1. The van der Waals surface area contributed by atoms with Crippen molar-refractivity contribution in [1.29, 1.82) is 0 Å². The SMILES string of the molecule is c1ccc(-c2c(N(c3ccc4c(c3)C(c3ccccc3)(c3ccccc3)c3ccccc3-4)c3ccccc3-c3cccc4c3sc3ccccc34)ccc3ccccc23)cc1. The fourth-order valence-corrected chi connectivity index (χ4v) is 11.4. The molecule has 0 amide bonds. The molecule has 0 atom stereocenters. The summed E-state index contributed by atoms with van der Waals surface area (Å²) in [6.45, 7) is 0. The van der Waals surface area contributed by atoms with Gasteiger partial charge in [0, 0.05) is 42.6 Å². The Morgan fingerprint density at radius 2 is 0.951 bits per heavy atom. The average molecular weight is 794 g/mol. The molecule has 1 aliphatic carbocycles. The van der Waals surface area contributed by atoms with Crippen LogP contribution in [0.4, 0.5) is 17.1 Å². The van der Waals surface area contributed by atoms with E-state index in [1.54, 1.807) is 0 Å². The zero-order valence-corrected chi connectivity index (χ0v) is 34.2. The third kappa shape index (κ3) is 5.46. The van der Waals surface area contributed by atoms with Crippen LogP contribution in [0.3, 0.4) is 0 Å². The van der Waals surface area contributed by atoms with Gasteiger partial charge in [0.1, 0.15) is 0 Å². The second-order valence-corrected chi connectivity index (χ2v) is 17.0. The first kappa shape index (κ1) is 35.4. The standard InChI is InChI=1S/C59H39NS/c1-4-20-41(21-5-1)57-45-26-11-10-19-40(45)35-38-55(57)60(54-33-16-13-28-48(54)50-30-18-31-51-49-29-14-17-34-56(49)61-58(50)51)44-36-37-47-46-27-12-15-32-52(46)59(53(47)39-44,42-22-6-2-7-23-42)43-24-8-3-9-25-43/h1-39H. The van der Waals surface area contributed by atoms with Crippen LogP contribution in [-0.4, -0.2) is 0 Å². The Hall–Kier alpha value is -7.52. The summed E-state index contributed by atoms with van der Waals surface area (Å²) in [6, 6.07) is 87.4. The van der Waals surface area contributed by atoms with Crippen molar-refractivity contribution in [2.45, 2.75) is 5.41 Å². The molecule has 0 saturated heterocycles. The van der Waals surface area contributed by atoms with E-state index in [0.717, 1.165) is 17.1 Å². The molecular formula is C59H39NS. The Labute approximate surface area is 360 Å². The maximum Gasteiger partial charge on any atom is 0.0714 e. The highest BCUT2D eigenvalue weighted by Crippen LogP contribution is 2.58. The molecule has 0 fully saturated rings. The number of benzene rings is 10. The van der Waals surface area contributed by atoms with E-state index in [4.69, 9.17) is 0 Å². The van der Waals surface area contributed by atoms with Gasteiger partial charge < -0.3 is 4.90 Å². The minimum atomic E-state index is -0.538. The van der Waals surface area contributed by atoms with Gasteiger partial charge in [0.15, 0.2) is 0 Å². The summed E-state index contributed by atoms with van der Waals surface area (Å²) in [5, 5.41) is 5.03. The summed E-state index contributed by atoms with van der Waals surface area (Å²) in [5.41, 5.74) is 15.2. The maximum atomic E-state index is 2.54. The summed E-state index contributed by atoms with van der Waals surface area (Å²) in [7, 11) is 0. The Balaban J connectivity index is 1.19. The zero-order valence-electron chi connectivity index (χ0n) is 33.4. The molecular weight excluding hydrogens is 755 g/mol. The van der Waals surface area contributed by atoms with Gasteiger partial charge in [-0.2, -0.15) is 0 Å². The molecule has 0 aliphatic heterocycles. The number of hydrogen-bond acceptors (Lipinski definition) is 2. The molecule has 1 aromatic heterocycles. The van der Waals surface area contributed by atoms with E-state index in [9.17, 15) is 0 Å². The van der Waals surface area contributed by atoms with Gasteiger partial charge in [-0.3, -0.25) is 0 Å². The molecule has 10 aromatic carbocycles. The van der Waals surface area contributed by atoms with E-state index >= 15 is 0 Å². The number of hydrogen-bond donors (Lipinski definition) is 0. The van der Waals surface area contributed by atoms with Crippen LogP contribution in [0, 0.1) is 0 Å². The molecule has 1 aliphatic rings. The van der Waals surface area contributed by atoms with Crippen LogP contribution in [0.15, 0.2) is 237 Å². The maximum absolute atomic E-state index is 2.54. The Kier molecular flexibility index (Phi) is 8.33. The molecule has 1 nitrogen and oxygen atoms in total. The summed E-state index contributed by atoms with van der Waals surface area (Å²) < 4.78 is 2.60. The van der Waals surface area contributed by atoms with Gasteiger partial charge in [-0.05, 0) is 80.0 Å². The molecule has 11 aromatic rings. The summed E-state index contributed by atoms with van der Waals surface area (Å²) >= 11 is 1.88. The van der Waals surface area contributed by atoms with Crippen LogP contribution >= 0.6 is 11.3 Å². The number of anilines is 3. The number of fused-ring (bicyclic) bond motifs is 7. The lowest BCUT2D eigenvalue weighted by Crippen LogP contribution is -2.28. The van der Waals surface area contributed by atoms with Crippen LogP contribution in [0.1, 0.15) is 22.3 Å². The lowest BCUT2D eigenvalue weighted by molar-refractivity contribution is 0.768. The summed E-state index contributed by atoms with van der Waals surface area (Å²) in [6.07, 6.45) is 0. The van der Waals surface area contributed by atoms with Crippen molar-refractivity contribution >= 4 is 59.3 Å². The van der Waals surface area contributed by atoms with Gasteiger partial charge in [-0.15, -0.1) is 11.3 Å². The topological polar surface area (TPSA) is 3.24 Å². The number of rotatable bonds is 7. The quantitative estimate of drug-likeness (QED) is 0.155. The Morgan fingerprint density at radius 1 is 0.361 bits per heavy atom. The van der Waals surface area contributed by atoms with Crippen LogP contribution in [-0.2, 0) is 5.41 Å². The second-order valence-electron chi connectivity index (χ2n) is 15.9. The van der Waals surface area contributed by atoms with Crippen molar-refractivity contribution in [1.82, 2.24) is 0 Å². The second kappa shape index (κ2) is 14.3. The molecule has 0 unspecified atom stereocenters. The first-order valence-corrected chi connectivity index (χ1v) is 21.8. The zero-order chi connectivity index (χ0) is 40.3. The van der Waals surface area contributed by atoms with Crippen molar-refractivity contribution in [3.05, 3.63) is 259 Å². The lowest BCUT2D eigenvalue weighted by atomic mass is 9.67. The molecule has 0 N–H and O–H groups in total. The molecule has 2 heteroatoms. The van der Waals surface area contributed by atoms with E-state index in [0.29, 0.717) is 0 Å². The highest BCUT2D eigenvalue weighted by Gasteiger charge is 2.46.